The molecule has 0 aromatic heterocycles. The highest BCUT2D eigenvalue weighted by Gasteiger charge is 2.33. The Morgan fingerprint density at radius 3 is 1.33 bits per heavy atom. The fourth-order valence-electron chi connectivity index (χ4n) is 0.547. The van der Waals surface area contributed by atoms with Gasteiger partial charge in [-0.15, -0.1) is 3.63 Å². The Bertz CT molecular complexity index is 412. The molecule has 0 saturated heterocycles. The molecule has 0 aromatic rings. The summed E-state index contributed by atoms with van der Waals surface area (Å²) < 4.78 is 47.2. The van der Waals surface area contributed by atoms with Gasteiger partial charge in [0.15, 0.2) is 0 Å². The first-order chi connectivity index (χ1) is 6.67. The molecule has 0 aromatic carbocycles. The molecule has 0 bridgehead atoms. The number of hydrogen-bond acceptors (Lipinski definition) is 7. The number of rotatable bonds is 4. The molecule has 0 heterocycles. The highest BCUT2D eigenvalue weighted by Crippen LogP contribution is 2.07. The van der Waals surface area contributed by atoms with E-state index in [1.165, 1.54) is 13.8 Å². The maximum Gasteiger partial charge on any atom is 0.345 e. The van der Waals surface area contributed by atoms with Crippen molar-refractivity contribution in [3.05, 3.63) is 0 Å². The van der Waals surface area contributed by atoms with Crippen molar-refractivity contribution >= 4 is 30.5 Å². The van der Waals surface area contributed by atoms with E-state index in [4.69, 9.17) is 0 Å². The zero-order chi connectivity index (χ0) is 12.3. The van der Waals surface area contributed by atoms with Crippen LogP contribution >= 0.6 is 0 Å². The molecule has 0 aliphatic carbocycles. The molecule has 0 rings (SSSR count). The van der Waals surface area contributed by atoms with Crippen LogP contribution in [0.5, 0.6) is 0 Å². The van der Waals surface area contributed by atoms with Gasteiger partial charge in [0, 0.05) is 12.8 Å². The summed E-state index contributed by atoms with van der Waals surface area (Å²) in [7, 11) is -9.74. The summed E-state index contributed by atoms with van der Waals surface area (Å²) in [5.74, 6) is 0. The smallest absolute Gasteiger partial charge is 0.279 e. The van der Waals surface area contributed by atoms with Crippen molar-refractivity contribution in [1.29, 1.82) is 0 Å². The molecule has 0 spiro atoms. The van der Waals surface area contributed by atoms with Gasteiger partial charge in [0.1, 0.15) is 0 Å². The molecular formula is C6H10O7S2. The molecule has 0 amide bonds. The molecule has 0 aliphatic heterocycles. The fourth-order valence-corrected chi connectivity index (χ4v) is 2.81. The number of carbonyl (C=O) groups is 2. The first kappa shape index (κ1) is 14.2. The largest absolute Gasteiger partial charge is 0.345 e. The third kappa shape index (κ3) is 3.68. The molecule has 15 heavy (non-hydrogen) atoms. The van der Waals surface area contributed by atoms with Gasteiger partial charge in [-0.3, -0.25) is 9.59 Å². The lowest BCUT2D eigenvalue weighted by Crippen LogP contribution is -2.25. The van der Waals surface area contributed by atoms with Gasteiger partial charge in [0.25, 0.3) is 10.2 Å². The van der Waals surface area contributed by atoms with Crippen LogP contribution in [0.15, 0.2) is 0 Å². The lowest BCUT2D eigenvalue weighted by Gasteiger charge is -2.01. The van der Waals surface area contributed by atoms with Gasteiger partial charge in [-0.25, -0.2) is 0 Å². The molecule has 0 saturated carbocycles. The minimum absolute atomic E-state index is 0.432. The first-order valence-corrected chi connectivity index (χ1v) is 6.75. The molecule has 0 radical (unpaired) electrons. The van der Waals surface area contributed by atoms with E-state index in [0.717, 1.165) is 0 Å². The maximum absolute atomic E-state index is 10.9. The Balaban J connectivity index is 5.07. The number of hydrogen-bond donors (Lipinski definition) is 0. The summed E-state index contributed by atoms with van der Waals surface area (Å²) in [5, 5.41) is -2.79. The van der Waals surface area contributed by atoms with Crippen molar-refractivity contribution in [3.63, 3.8) is 0 Å². The summed E-state index contributed by atoms with van der Waals surface area (Å²) in [5.41, 5.74) is 0. The topological polar surface area (TPSA) is 112 Å². The van der Waals surface area contributed by atoms with E-state index in [9.17, 15) is 26.4 Å². The molecule has 0 atom stereocenters. The quantitative estimate of drug-likeness (QED) is 0.670. The Labute approximate surface area is 87.7 Å². The van der Waals surface area contributed by atoms with Crippen LogP contribution in [0.25, 0.3) is 0 Å². The van der Waals surface area contributed by atoms with Gasteiger partial charge in [0.2, 0.25) is 0 Å². The van der Waals surface area contributed by atoms with Gasteiger partial charge in [-0.1, -0.05) is 13.8 Å². The SMILES string of the molecule is CCC(=O)S(=O)(=O)OS(=O)(=O)C(=O)CC. The van der Waals surface area contributed by atoms with E-state index in [0.29, 0.717) is 0 Å². The van der Waals surface area contributed by atoms with Crippen molar-refractivity contribution in [2.45, 2.75) is 26.7 Å². The molecule has 9 heteroatoms. The van der Waals surface area contributed by atoms with Crippen LogP contribution in [0, 0.1) is 0 Å². The van der Waals surface area contributed by atoms with E-state index in [1.807, 2.05) is 0 Å². The lowest BCUT2D eigenvalue weighted by molar-refractivity contribution is -0.111. The van der Waals surface area contributed by atoms with Crippen LogP contribution in [0.1, 0.15) is 26.7 Å². The zero-order valence-corrected chi connectivity index (χ0v) is 9.72. The van der Waals surface area contributed by atoms with Crippen molar-refractivity contribution in [1.82, 2.24) is 0 Å². The molecular weight excluding hydrogens is 248 g/mol. The normalized spacial score (nSPS) is 12.4. The second-order valence-electron chi connectivity index (χ2n) is 2.43. The van der Waals surface area contributed by atoms with Crippen LogP contribution in [-0.2, 0) is 33.5 Å². The van der Waals surface area contributed by atoms with E-state index in [1.54, 1.807) is 0 Å². The molecule has 0 unspecified atom stereocenters. The Morgan fingerprint density at radius 1 is 0.867 bits per heavy atom. The summed E-state index contributed by atoms with van der Waals surface area (Å²) in [4.78, 5) is 21.5. The average molecular weight is 258 g/mol. The summed E-state index contributed by atoms with van der Waals surface area (Å²) in [6, 6.07) is 0. The van der Waals surface area contributed by atoms with Gasteiger partial charge in [0.05, 0.1) is 0 Å². The van der Waals surface area contributed by atoms with Crippen LogP contribution in [0.4, 0.5) is 0 Å². The minimum Gasteiger partial charge on any atom is -0.279 e. The Kier molecular flexibility index (Phi) is 4.56. The second-order valence-corrected chi connectivity index (χ2v) is 5.70. The highest BCUT2D eigenvalue weighted by atomic mass is 32.3. The monoisotopic (exact) mass is 258 g/mol. The summed E-state index contributed by atoms with van der Waals surface area (Å²) >= 11 is 0. The van der Waals surface area contributed by atoms with Gasteiger partial charge < -0.3 is 0 Å². The van der Waals surface area contributed by atoms with Crippen LogP contribution in [0.3, 0.4) is 0 Å². The van der Waals surface area contributed by atoms with Crippen molar-refractivity contribution in [3.8, 4) is 0 Å². The second kappa shape index (κ2) is 4.81. The van der Waals surface area contributed by atoms with Gasteiger partial charge >= 0.3 is 20.2 Å². The highest BCUT2D eigenvalue weighted by molar-refractivity contribution is 8.13. The predicted octanol–water partition coefficient (Wildman–Crippen LogP) is -0.464. The zero-order valence-electron chi connectivity index (χ0n) is 8.09. The third-order valence-corrected chi connectivity index (χ3v) is 4.44. The fraction of sp³-hybridized carbons (Fsp3) is 0.667. The van der Waals surface area contributed by atoms with E-state index >= 15 is 0 Å². The van der Waals surface area contributed by atoms with Crippen molar-refractivity contribution in [2.75, 3.05) is 0 Å². The molecule has 7 nitrogen and oxygen atoms in total. The maximum atomic E-state index is 10.9. The Morgan fingerprint density at radius 2 is 1.13 bits per heavy atom. The van der Waals surface area contributed by atoms with Gasteiger partial charge in [-0.2, -0.15) is 16.8 Å². The molecule has 0 N–H and O–H groups in total. The molecule has 88 valence electrons. The van der Waals surface area contributed by atoms with E-state index < -0.39 is 43.3 Å². The third-order valence-electron chi connectivity index (χ3n) is 1.31. The Hall–Kier alpha value is -0.800. The van der Waals surface area contributed by atoms with Crippen LogP contribution in [0.2, 0.25) is 0 Å². The summed E-state index contributed by atoms with van der Waals surface area (Å²) in [6.07, 6.45) is -0.865. The average Bonchev–Trinajstić information content (AvgIpc) is 2.13. The van der Waals surface area contributed by atoms with Crippen LogP contribution < -0.4 is 0 Å². The summed E-state index contributed by atoms with van der Waals surface area (Å²) in [6.45, 7) is 2.44. The first-order valence-electron chi connectivity index (χ1n) is 3.94. The standard InChI is InChI=1S/C6H10O7S2/c1-3-5(7)14(9,10)13-15(11,12)6(8)4-2/h3-4H2,1-2H3. The lowest BCUT2D eigenvalue weighted by atomic mass is 10.6. The van der Waals surface area contributed by atoms with Crippen LogP contribution in [-0.4, -0.2) is 27.1 Å². The van der Waals surface area contributed by atoms with Gasteiger partial charge in [-0.05, 0) is 0 Å². The van der Waals surface area contributed by atoms with Crippen molar-refractivity contribution < 1.29 is 30.1 Å². The van der Waals surface area contributed by atoms with Crippen molar-refractivity contribution in [2.24, 2.45) is 0 Å². The number of carbonyl (C=O) groups excluding carboxylic acids is 2. The predicted molar refractivity (Wildman–Crippen MR) is 49.5 cm³/mol. The van der Waals surface area contributed by atoms with E-state index in [-0.39, 0.29) is 0 Å². The molecule has 0 fully saturated rings. The van der Waals surface area contributed by atoms with E-state index in [2.05, 4.69) is 3.63 Å². The molecule has 0 aliphatic rings. The minimum atomic E-state index is -4.87.